The standard InChI is InChI=1S/C19H20I2O3/c20-17-9-5-15(6-10-17)3-1-13-23-19(22)24-14-2-4-16-7-11-18(21)12-8-16/h5-12H,1-4,13-14H2. The van der Waals surface area contributed by atoms with E-state index in [4.69, 9.17) is 9.47 Å². The zero-order chi connectivity index (χ0) is 17.2. The fourth-order valence-corrected chi connectivity index (χ4v) is 2.93. The van der Waals surface area contributed by atoms with Crippen molar-refractivity contribution in [1.29, 1.82) is 0 Å². The second-order valence-electron chi connectivity index (χ2n) is 5.41. The topological polar surface area (TPSA) is 35.5 Å². The van der Waals surface area contributed by atoms with Crippen molar-refractivity contribution in [2.45, 2.75) is 25.7 Å². The van der Waals surface area contributed by atoms with Crippen LogP contribution in [0.4, 0.5) is 4.79 Å². The maximum absolute atomic E-state index is 11.5. The van der Waals surface area contributed by atoms with Gasteiger partial charge in [0.1, 0.15) is 0 Å². The van der Waals surface area contributed by atoms with Crippen LogP contribution < -0.4 is 0 Å². The van der Waals surface area contributed by atoms with Gasteiger partial charge in [0.2, 0.25) is 0 Å². The van der Waals surface area contributed by atoms with Gasteiger partial charge in [-0.25, -0.2) is 4.79 Å². The summed E-state index contributed by atoms with van der Waals surface area (Å²) in [5, 5.41) is 0. The van der Waals surface area contributed by atoms with Crippen molar-refractivity contribution in [2.75, 3.05) is 13.2 Å². The van der Waals surface area contributed by atoms with E-state index in [2.05, 4.69) is 93.7 Å². The van der Waals surface area contributed by atoms with Crippen LogP contribution in [0.25, 0.3) is 0 Å². The minimum atomic E-state index is -0.569. The van der Waals surface area contributed by atoms with Crippen LogP contribution >= 0.6 is 45.2 Å². The van der Waals surface area contributed by atoms with Gasteiger partial charge in [-0.2, -0.15) is 0 Å². The maximum atomic E-state index is 11.5. The molecule has 0 aromatic heterocycles. The molecule has 0 saturated carbocycles. The van der Waals surface area contributed by atoms with Gasteiger partial charge in [0, 0.05) is 7.14 Å². The summed E-state index contributed by atoms with van der Waals surface area (Å²) in [5.41, 5.74) is 2.51. The third-order valence-electron chi connectivity index (χ3n) is 3.49. The molecule has 0 aliphatic carbocycles. The Labute approximate surface area is 170 Å². The molecule has 2 aromatic rings. The zero-order valence-electron chi connectivity index (χ0n) is 13.3. The van der Waals surface area contributed by atoms with Crippen molar-refractivity contribution in [2.24, 2.45) is 0 Å². The lowest BCUT2D eigenvalue weighted by Gasteiger charge is -2.07. The van der Waals surface area contributed by atoms with Crippen LogP contribution in [0.2, 0.25) is 0 Å². The summed E-state index contributed by atoms with van der Waals surface area (Å²) in [4.78, 5) is 11.5. The quantitative estimate of drug-likeness (QED) is 0.244. The first kappa shape index (κ1) is 19.5. The lowest BCUT2D eigenvalue weighted by atomic mass is 10.1. The predicted molar refractivity (Wildman–Crippen MR) is 112 cm³/mol. The molecule has 0 amide bonds. The smallest absolute Gasteiger partial charge is 0.434 e. The van der Waals surface area contributed by atoms with Crippen molar-refractivity contribution < 1.29 is 14.3 Å². The minimum absolute atomic E-state index is 0.391. The molecule has 0 saturated heterocycles. The van der Waals surface area contributed by atoms with Crippen LogP contribution in [0.3, 0.4) is 0 Å². The van der Waals surface area contributed by atoms with Gasteiger partial charge in [-0.3, -0.25) is 0 Å². The summed E-state index contributed by atoms with van der Waals surface area (Å²) in [5.74, 6) is 0. The Morgan fingerprint density at radius 1 is 0.708 bits per heavy atom. The first-order chi connectivity index (χ1) is 11.6. The summed E-state index contributed by atoms with van der Waals surface area (Å²) < 4.78 is 12.6. The number of benzene rings is 2. The Bertz CT molecular complexity index is 569. The molecule has 5 heteroatoms. The average Bonchev–Trinajstić information content (AvgIpc) is 2.59. The molecule has 2 rings (SSSR count). The molecule has 0 bridgehead atoms. The molecule has 0 radical (unpaired) electrons. The Morgan fingerprint density at radius 3 is 1.46 bits per heavy atom. The predicted octanol–water partition coefficient (Wildman–Crippen LogP) is 5.61. The molecule has 128 valence electrons. The van der Waals surface area contributed by atoms with Crippen molar-refractivity contribution in [3.63, 3.8) is 0 Å². The number of rotatable bonds is 8. The van der Waals surface area contributed by atoms with Gasteiger partial charge in [-0.05, 0) is 106 Å². The minimum Gasteiger partial charge on any atom is -0.434 e. The summed E-state index contributed by atoms with van der Waals surface area (Å²) in [6, 6.07) is 16.7. The molecule has 0 spiro atoms. The SMILES string of the molecule is O=C(OCCCc1ccc(I)cc1)OCCCc1ccc(I)cc1. The van der Waals surface area contributed by atoms with Gasteiger partial charge in [0.15, 0.2) is 0 Å². The summed E-state index contributed by atoms with van der Waals surface area (Å²) in [6.07, 6.45) is 2.84. The summed E-state index contributed by atoms with van der Waals surface area (Å²) in [7, 11) is 0. The van der Waals surface area contributed by atoms with Gasteiger partial charge < -0.3 is 9.47 Å². The number of hydrogen-bond donors (Lipinski definition) is 0. The highest BCUT2D eigenvalue weighted by molar-refractivity contribution is 14.1. The highest BCUT2D eigenvalue weighted by atomic mass is 127. The van der Waals surface area contributed by atoms with Gasteiger partial charge in [-0.15, -0.1) is 0 Å². The van der Waals surface area contributed by atoms with E-state index in [-0.39, 0.29) is 0 Å². The first-order valence-corrected chi connectivity index (χ1v) is 10.1. The molecular formula is C19H20I2O3. The third kappa shape index (κ3) is 7.83. The molecule has 2 aromatic carbocycles. The molecule has 0 heterocycles. The molecule has 0 N–H and O–H groups in total. The highest BCUT2D eigenvalue weighted by Gasteiger charge is 2.04. The first-order valence-electron chi connectivity index (χ1n) is 7.92. The van der Waals surface area contributed by atoms with Gasteiger partial charge >= 0.3 is 6.16 Å². The van der Waals surface area contributed by atoms with Crippen LogP contribution in [-0.2, 0) is 22.3 Å². The van der Waals surface area contributed by atoms with Crippen molar-refractivity contribution >= 4 is 51.3 Å². The van der Waals surface area contributed by atoms with E-state index >= 15 is 0 Å². The molecular weight excluding hydrogens is 530 g/mol. The second kappa shape index (κ2) is 10.9. The lowest BCUT2D eigenvalue weighted by molar-refractivity contribution is 0.0539. The number of carbonyl (C=O) groups is 1. The van der Waals surface area contributed by atoms with Crippen LogP contribution in [0.5, 0.6) is 0 Å². The molecule has 0 unspecified atom stereocenters. The van der Waals surface area contributed by atoms with Crippen molar-refractivity contribution in [1.82, 2.24) is 0 Å². The zero-order valence-corrected chi connectivity index (χ0v) is 17.7. The molecule has 3 nitrogen and oxygen atoms in total. The van der Waals surface area contributed by atoms with Gasteiger partial charge in [0.05, 0.1) is 13.2 Å². The van der Waals surface area contributed by atoms with E-state index in [9.17, 15) is 4.79 Å². The fourth-order valence-electron chi connectivity index (χ4n) is 2.21. The normalized spacial score (nSPS) is 10.4. The lowest BCUT2D eigenvalue weighted by Crippen LogP contribution is -2.10. The largest absolute Gasteiger partial charge is 0.508 e. The number of ether oxygens (including phenoxy) is 2. The van der Waals surface area contributed by atoms with E-state index < -0.39 is 6.16 Å². The van der Waals surface area contributed by atoms with Crippen LogP contribution in [0.15, 0.2) is 48.5 Å². The number of halogens is 2. The monoisotopic (exact) mass is 550 g/mol. The molecule has 0 aliphatic rings. The Kier molecular flexibility index (Phi) is 8.87. The average molecular weight is 550 g/mol. The second-order valence-corrected chi connectivity index (χ2v) is 7.90. The Balaban J connectivity index is 1.52. The van der Waals surface area contributed by atoms with E-state index in [0.717, 1.165) is 25.7 Å². The maximum Gasteiger partial charge on any atom is 0.508 e. The van der Waals surface area contributed by atoms with Gasteiger partial charge in [0.25, 0.3) is 0 Å². The van der Waals surface area contributed by atoms with E-state index in [1.807, 2.05) is 0 Å². The van der Waals surface area contributed by atoms with Crippen LogP contribution in [-0.4, -0.2) is 19.4 Å². The number of hydrogen-bond acceptors (Lipinski definition) is 3. The highest BCUT2D eigenvalue weighted by Crippen LogP contribution is 2.10. The Hall–Kier alpha value is -0.830. The summed E-state index contributed by atoms with van der Waals surface area (Å²) >= 11 is 4.57. The molecule has 24 heavy (non-hydrogen) atoms. The van der Waals surface area contributed by atoms with E-state index in [1.165, 1.54) is 18.3 Å². The van der Waals surface area contributed by atoms with E-state index in [0.29, 0.717) is 13.2 Å². The fraction of sp³-hybridized carbons (Fsp3) is 0.316. The number of aryl methyl sites for hydroxylation is 2. The third-order valence-corrected chi connectivity index (χ3v) is 4.92. The summed E-state index contributed by atoms with van der Waals surface area (Å²) in [6.45, 7) is 0.782. The van der Waals surface area contributed by atoms with E-state index in [1.54, 1.807) is 0 Å². The number of carbonyl (C=O) groups excluding carboxylic acids is 1. The molecule has 0 atom stereocenters. The molecule has 0 aliphatic heterocycles. The van der Waals surface area contributed by atoms with Crippen molar-refractivity contribution in [3.05, 3.63) is 66.8 Å². The Morgan fingerprint density at radius 2 is 1.08 bits per heavy atom. The molecule has 0 fully saturated rings. The van der Waals surface area contributed by atoms with Crippen LogP contribution in [0.1, 0.15) is 24.0 Å². The van der Waals surface area contributed by atoms with Crippen molar-refractivity contribution in [3.8, 4) is 0 Å². The van der Waals surface area contributed by atoms with Crippen LogP contribution in [0, 0.1) is 7.14 Å². The van der Waals surface area contributed by atoms with Gasteiger partial charge in [-0.1, -0.05) is 24.3 Å².